The van der Waals surface area contributed by atoms with E-state index in [1.54, 1.807) is 36.4 Å². The third-order valence-corrected chi connectivity index (χ3v) is 6.91. The summed E-state index contributed by atoms with van der Waals surface area (Å²) in [6.45, 7) is 8.68. The zero-order valence-electron chi connectivity index (χ0n) is 19.5. The minimum absolute atomic E-state index is 0.125. The number of sulfonamides is 1. The summed E-state index contributed by atoms with van der Waals surface area (Å²) in [4.78, 5) is 12.7. The highest BCUT2D eigenvalue weighted by atomic mass is 32.2. The molecule has 1 fully saturated rings. The van der Waals surface area contributed by atoms with Gasteiger partial charge in [0.25, 0.3) is 15.9 Å². The smallest absolute Gasteiger partial charge is 0.271 e. The molecular weight excluding hydrogens is 438 g/mol. The SMILES string of the molecule is CCOc1ccc(S(=O)(=O)Nc2ccc(C(=O)N/N=C3/CC(C)CCC3=C(C)C)cc2)cc1. The molecule has 8 heteroatoms. The van der Waals surface area contributed by atoms with Gasteiger partial charge in [0.15, 0.2) is 0 Å². The molecule has 0 aromatic heterocycles. The van der Waals surface area contributed by atoms with Crippen LogP contribution in [-0.2, 0) is 10.0 Å². The molecule has 0 aliphatic heterocycles. The van der Waals surface area contributed by atoms with E-state index in [0.29, 0.717) is 29.5 Å². The third kappa shape index (κ3) is 6.44. The van der Waals surface area contributed by atoms with Gasteiger partial charge in [-0.25, -0.2) is 13.8 Å². The van der Waals surface area contributed by atoms with Crippen LogP contribution in [0.1, 0.15) is 57.3 Å². The van der Waals surface area contributed by atoms with Crippen molar-refractivity contribution in [3.63, 3.8) is 0 Å². The van der Waals surface area contributed by atoms with Gasteiger partial charge < -0.3 is 4.74 Å². The quantitative estimate of drug-likeness (QED) is 0.550. The number of allylic oxidation sites excluding steroid dienone is 2. The summed E-state index contributed by atoms with van der Waals surface area (Å²) >= 11 is 0. The molecule has 7 nitrogen and oxygen atoms in total. The van der Waals surface area contributed by atoms with Gasteiger partial charge in [-0.1, -0.05) is 12.5 Å². The van der Waals surface area contributed by atoms with E-state index in [2.05, 4.69) is 36.0 Å². The molecule has 3 rings (SSSR count). The normalized spacial score (nSPS) is 17.5. The van der Waals surface area contributed by atoms with Crippen molar-refractivity contribution in [2.24, 2.45) is 11.0 Å². The van der Waals surface area contributed by atoms with Crippen molar-refractivity contribution in [2.75, 3.05) is 11.3 Å². The Kier molecular flexibility index (Phi) is 7.92. The van der Waals surface area contributed by atoms with Crippen LogP contribution in [0, 0.1) is 5.92 Å². The predicted molar refractivity (Wildman–Crippen MR) is 131 cm³/mol. The molecule has 33 heavy (non-hydrogen) atoms. The number of anilines is 1. The second kappa shape index (κ2) is 10.7. The number of hydrogen-bond acceptors (Lipinski definition) is 5. The number of carbonyl (C=O) groups is 1. The van der Waals surface area contributed by atoms with Crippen LogP contribution >= 0.6 is 0 Å². The minimum Gasteiger partial charge on any atom is -0.494 e. The molecule has 2 aromatic carbocycles. The van der Waals surface area contributed by atoms with Gasteiger partial charge in [-0.05, 0) is 100 Å². The van der Waals surface area contributed by atoms with Crippen LogP contribution in [0.3, 0.4) is 0 Å². The molecule has 1 aliphatic carbocycles. The number of hydrazone groups is 1. The van der Waals surface area contributed by atoms with Crippen molar-refractivity contribution in [2.45, 2.75) is 51.9 Å². The first-order valence-electron chi connectivity index (χ1n) is 11.1. The van der Waals surface area contributed by atoms with E-state index < -0.39 is 10.0 Å². The molecule has 1 saturated carbocycles. The zero-order valence-corrected chi connectivity index (χ0v) is 20.3. The predicted octanol–water partition coefficient (Wildman–Crippen LogP) is 5.13. The van der Waals surface area contributed by atoms with Crippen LogP contribution in [0.15, 0.2) is 69.7 Å². The second-order valence-electron chi connectivity index (χ2n) is 8.41. The van der Waals surface area contributed by atoms with Crippen molar-refractivity contribution < 1.29 is 17.9 Å². The third-order valence-electron chi connectivity index (χ3n) is 5.52. The number of amides is 1. The fourth-order valence-corrected chi connectivity index (χ4v) is 4.77. The highest BCUT2D eigenvalue weighted by Gasteiger charge is 2.20. The van der Waals surface area contributed by atoms with Crippen molar-refractivity contribution in [3.8, 4) is 5.75 Å². The molecule has 0 heterocycles. The lowest BCUT2D eigenvalue weighted by Gasteiger charge is -2.23. The molecule has 0 bridgehead atoms. The van der Waals surface area contributed by atoms with Crippen LogP contribution < -0.4 is 14.9 Å². The summed E-state index contributed by atoms with van der Waals surface area (Å²) in [6.07, 6.45) is 2.94. The molecule has 1 amide bonds. The largest absolute Gasteiger partial charge is 0.494 e. The lowest BCUT2D eigenvalue weighted by atomic mass is 9.83. The van der Waals surface area contributed by atoms with Crippen LogP contribution in [0.25, 0.3) is 0 Å². The Balaban J connectivity index is 1.67. The van der Waals surface area contributed by atoms with Crippen LogP contribution in [0.5, 0.6) is 5.75 Å². The van der Waals surface area contributed by atoms with E-state index >= 15 is 0 Å². The summed E-state index contributed by atoms with van der Waals surface area (Å²) in [7, 11) is -3.76. The average molecular weight is 470 g/mol. The molecule has 1 unspecified atom stereocenters. The molecule has 2 aromatic rings. The van der Waals surface area contributed by atoms with Crippen molar-refractivity contribution in [1.82, 2.24) is 5.43 Å². The minimum atomic E-state index is -3.76. The highest BCUT2D eigenvalue weighted by Crippen LogP contribution is 2.28. The van der Waals surface area contributed by atoms with E-state index in [-0.39, 0.29) is 10.8 Å². The topological polar surface area (TPSA) is 96.9 Å². The standard InChI is InChI=1S/C25H31N3O4S/c1-5-32-21-11-13-22(14-12-21)33(30,31)28-20-9-7-19(8-10-20)25(29)27-26-24-16-18(4)6-15-23(24)17(2)3/h7-14,18,28H,5-6,15-16H2,1-4H3,(H,27,29)/b26-24-. The van der Waals surface area contributed by atoms with Crippen molar-refractivity contribution >= 4 is 27.3 Å². The fraction of sp³-hybridized carbons (Fsp3) is 0.360. The maximum Gasteiger partial charge on any atom is 0.271 e. The summed E-state index contributed by atoms with van der Waals surface area (Å²) in [5.74, 6) is 0.802. The first-order valence-corrected chi connectivity index (χ1v) is 12.6. The lowest BCUT2D eigenvalue weighted by Crippen LogP contribution is -2.24. The number of nitrogens with one attached hydrogen (secondary N) is 2. The van der Waals surface area contributed by atoms with E-state index in [4.69, 9.17) is 4.74 Å². The molecule has 0 saturated heterocycles. The second-order valence-corrected chi connectivity index (χ2v) is 10.1. The summed E-state index contributed by atoms with van der Waals surface area (Å²) < 4.78 is 33.1. The molecule has 1 aliphatic rings. The Labute approximate surface area is 196 Å². The van der Waals surface area contributed by atoms with Crippen molar-refractivity contribution in [3.05, 3.63) is 65.2 Å². The van der Waals surface area contributed by atoms with E-state index in [1.165, 1.54) is 23.3 Å². The number of hydrogen-bond donors (Lipinski definition) is 2. The highest BCUT2D eigenvalue weighted by molar-refractivity contribution is 7.92. The van der Waals surface area contributed by atoms with Gasteiger partial charge in [-0.2, -0.15) is 5.10 Å². The molecule has 0 radical (unpaired) electrons. The maximum absolute atomic E-state index is 12.6. The van der Waals surface area contributed by atoms with Gasteiger partial charge in [-0.15, -0.1) is 0 Å². The van der Waals surface area contributed by atoms with E-state index in [9.17, 15) is 13.2 Å². The molecule has 2 N–H and O–H groups in total. The lowest BCUT2D eigenvalue weighted by molar-refractivity contribution is 0.0954. The molecular formula is C25H31N3O4S. The van der Waals surface area contributed by atoms with Gasteiger partial charge in [0, 0.05) is 11.3 Å². The average Bonchev–Trinajstić information content (AvgIpc) is 2.78. The first-order chi connectivity index (χ1) is 15.7. The van der Waals surface area contributed by atoms with E-state index in [1.807, 2.05) is 6.92 Å². The van der Waals surface area contributed by atoms with Gasteiger partial charge in [0.2, 0.25) is 0 Å². The summed E-state index contributed by atoms with van der Waals surface area (Å²) in [6, 6.07) is 12.4. The van der Waals surface area contributed by atoms with Crippen LogP contribution in [0.2, 0.25) is 0 Å². The number of nitrogens with zero attached hydrogens (tertiary/aromatic N) is 1. The first kappa shape index (κ1) is 24.5. The Morgan fingerprint density at radius 1 is 1.09 bits per heavy atom. The van der Waals surface area contributed by atoms with Gasteiger partial charge >= 0.3 is 0 Å². The van der Waals surface area contributed by atoms with E-state index in [0.717, 1.165) is 25.0 Å². The number of rotatable bonds is 7. The van der Waals surface area contributed by atoms with Gasteiger partial charge in [0.1, 0.15) is 5.75 Å². The fourth-order valence-electron chi connectivity index (χ4n) is 3.71. The Bertz CT molecular complexity index is 1150. The maximum atomic E-state index is 12.6. The zero-order chi connectivity index (χ0) is 24.0. The molecule has 1 atom stereocenters. The Hall–Kier alpha value is -3.13. The summed E-state index contributed by atoms with van der Waals surface area (Å²) in [5.41, 5.74) is 6.77. The molecule has 176 valence electrons. The van der Waals surface area contributed by atoms with Crippen LogP contribution in [-0.4, -0.2) is 26.6 Å². The van der Waals surface area contributed by atoms with Gasteiger partial charge in [0.05, 0.1) is 17.2 Å². The Morgan fingerprint density at radius 2 is 1.76 bits per heavy atom. The number of ether oxygens (including phenoxy) is 1. The monoisotopic (exact) mass is 469 g/mol. The number of carbonyl (C=O) groups excluding carboxylic acids is 1. The van der Waals surface area contributed by atoms with Crippen LogP contribution in [0.4, 0.5) is 5.69 Å². The van der Waals surface area contributed by atoms with Crippen molar-refractivity contribution in [1.29, 1.82) is 0 Å². The van der Waals surface area contributed by atoms with Gasteiger partial charge in [-0.3, -0.25) is 9.52 Å². The summed E-state index contributed by atoms with van der Waals surface area (Å²) in [5, 5.41) is 4.39. The molecule has 0 spiro atoms. The number of benzene rings is 2. The Morgan fingerprint density at radius 3 is 2.36 bits per heavy atom.